The second-order valence-corrected chi connectivity index (χ2v) is 3.81. The summed E-state index contributed by atoms with van der Waals surface area (Å²) < 4.78 is 4.68. The number of carboxylic acids is 2. The zero-order chi connectivity index (χ0) is 16.3. The number of allylic oxidation sites excluding steroid dienone is 1. The van der Waals surface area contributed by atoms with Gasteiger partial charge in [-0.1, -0.05) is 19.2 Å². The number of ether oxygens (including phenoxy) is 1. The van der Waals surface area contributed by atoms with E-state index in [1.807, 2.05) is 0 Å². The van der Waals surface area contributed by atoms with E-state index in [-0.39, 0.29) is 23.1 Å². The van der Waals surface area contributed by atoms with Crippen molar-refractivity contribution in [2.75, 3.05) is 6.61 Å². The summed E-state index contributed by atoms with van der Waals surface area (Å²) in [6, 6.07) is 0. The van der Waals surface area contributed by atoms with Gasteiger partial charge in [-0.15, -0.1) is 0 Å². The number of aliphatic carboxylic acids is 2. The Hall–Kier alpha value is -2.37. The van der Waals surface area contributed by atoms with Gasteiger partial charge in [-0.2, -0.15) is 0 Å². The monoisotopic (exact) mass is 284 g/mol. The number of esters is 1. The fraction of sp³-hybridized carbons (Fsp3) is 0.357. The minimum atomic E-state index is -0.998. The van der Waals surface area contributed by atoms with Gasteiger partial charge in [0.25, 0.3) is 0 Å². The van der Waals surface area contributed by atoms with Crippen molar-refractivity contribution in [2.24, 2.45) is 0 Å². The Morgan fingerprint density at radius 2 is 1.55 bits per heavy atom. The van der Waals surface area contributed by atoms with Gasteiger partial charge < -0.3 is 14.9 Å². The molecule has 0 aliphatic carbocycles. The first-order valence-electron chi connectivity index (χ1n) is 5.77. The van der Waals surface area contributed by atoms with Crippen LogP contribution < -0.4 is 0 Å². The lowest BCUT2D eigenvalue weighted by Crippen LogP contribution is -2.06. The van der Waals surface area contributed by atoms with E-state index >= 15 is 0 Å². The Morgan fingerprint density at radius 3 is 1.85 bits per heavy atom. The Morgan fingerprint density at radius 1 is 1.10 bits per heavy atom. The van der Waals surface area contributed by atoms with E-state index in [0.29, 0.717) is 6.61 Å². The van der Waals surface area contributed by atoms with E-state index in [2.05, 4.69) is 17.9 Å². The molecule has 0 fully saturated rings. The SMILES string of the molecule is C=C(C)C(=O)O.C=C(CC=C(C)C(=O)O)C(=O)OCC. The van der Waals surface area contributed by atoms with Gasteiger partial charge in [0, 0.05) is 16.7 Å². The van der Waals surface area contributed by atoms with Crippen LogP contribution in [0.2, 0.25) is 0 Å². The summed E-state index contributed by atoms with van der Waals surface area (Å²) in [7, 11) is 0. The van der Waals surface area contributed by atoms with Crippen LogP contribution in [-0.2, 0) is 19.1 Å². The van der Waals surface area contributed by atoms with E-state index < -0.39 is 17.9 Å². The summed E-state index contributed by atoms with van der Waals surface area (Å²) in [5.74, 6) is -2.42. The molecule has 0 saturated carbocycles. The topological polar surface area (TPSA) is 101 Å². The number of hydrogen-bond acceptors (Lipinski definition) is 4. The van der Waals surface area contributed by atoms with Gasteiger partial charge in [-0.3, -0.25) is 0 Å². The third-order valence-corrected chi connectivity index (χ3v) is 1.92. The Balaban J connectivity index is 0. The molecule has 0 rings (SSSR count). The molecule has 0 bridgehead atoms. The molecule has 6 heteroatoms. The summed E-state index contributed by atoms with van der Waals surface area (Å²) in [4.78, 5) is 31.0. The van der Waals surface area contributed by atoms with Crippen LogP contribution in [0.1, 0.15) is 27.2 Å². The zero-order valence-electron chi connectivity index (χ0n) is 11.9. The quantitative estimate of drug-likeness (QED) is 0.572. The molecular weight excluding hydrogens is 264 g/mol. The van der Waals surface area contributed by atoms with Gasteiger partial charge in [-0.25, -0.2) is 14.4 Å². The molecule has 0 saturated heterocycles. The predicted octanol–water partition coefficient (Wildman–Crippen LogP) is 2.17. The molecule has 0 aromatic rings. The molecule has 0 aliphatic heterocycles. The first-order valence-corrected chi connectivity index (χ1v) is 5.77. The molecule has 112 valence electrons. The number of hydrogen-bond donors (Lipinski definition) is 2. The van der Waals surface area contributed by atoms with E-state index in [4.69, 9.17) is 10.2 Å². The summed E-state index contributed by atoms with van der Waals surface area (Å²) in [5.41, 5.74) is 0.623. The molecule has 20 heavy (non-hydrogen) atoms. The zero-order valence-corrected chi connectivity index (χ0v) is 11.9. The minimum Gasteiger partial charge on any atom is -0.478 e. The van der Waals surface area contributed by atoms with Gasteiger partial charge in [0.15, 0.2) is 0 Å². The lowest BCUT2D eigenvalue weighted by molar-refractivity contribution is -0.138. The molecule has 0 atom stereocenters. The van der Waals surface area contributed by atoms with Crippen LogP contribution in [0.4, 0.5) is 0 Å². The average molecular weight is 284 g/mol. The van der Waals surface area contributed by atoms with Gasteiger partial charge in [0.1, 0.15) is 0 Å². The Kier molecular flexibility index (Phi) is 10.5. The molecule has 0 spiro atoms. The molecule has 0 aromatic carbocycles. The van der Waals surface area contributed by atoms with Crippen LogP contribution in [0.3, 0.4) is 0 Å². The van der Waals surface area contributed by atoms with E-state index in [9.17, 15) is 14.4 Å². The maximum atomic E-state index is 11.0. The third kappa shape index (κ3) is 10.8. The van der Waals surface area contributed by atoms with Crippen molar-refractivity contribution in [1.82, 2.24) is 0 Å². The van der Waals surface area contributed by atoms with Crippen molar-refractivity contribution in [1.29, 1.82) is 0 Å². The lowest BCUT2D eigenvalue weighted by Gasteiger charge is -2.02. The number of carbonyl (C=O) groups excluding carboxylic acids is 1. The highest BCUT2D eigenvalue weighted by Gasteiger charge is 2.07. The molecule has 6 nitrogen and oxygen atoms in total. The molecule has 0 aromatic heterocycles. The molecule has 0 radical (unpaired) electrons. The fourth-order valence-electron chi connectivity index (χ4n) is 0.680. The summed E-state index contributed by atoms with van der Waals surface area (Å²) in [6.45, 7) is 11.5. The fourth-order valence-corrected chi connectivity index (χ4v) is 0.680. The first kappa shape index (κ1) is 20.0. The molecule has 0 amide bonds. The maximum Gasteiger partial charge on any atom is 0.333 e. The molecule has 0 heterocycles. The van der Waals surface area contributed by atoms with Crippen LogP contribution in [-0.4, -0.2) is 34.7 Å². The van der Waals surface area contributed by atoms with Crippen LogP contribution in [0.15, 0.2) is 36.0 Å². The van der Waals surface area contributed by atoms with Crippen molar-refractivity contribution < 1.29 is 29.3 Å². The van der Waals surface area contributed by atoms with Crippen molar-refractivity contribution in [2.45, 2.75) is 27.2 Å². The largest absolute Gasteiger partial charge is 0.478 e. The average Bonchev–Trinajstić information content (AvgIpc) is 2.36. The van der Waals surface area contributed by atoms with Gasteiger partial charge in [0.2, 0.25) is 0 Å². The molecule has 0 aliphatic rings. The highest BCUT2D eigenvalue weighted by atomic mass is 16.5. The molecule has 0 unspecified atom stereocenters. The second-order valence-electron chi connectivity index (χ2n) is 3.81. The van der Waals surface area contributed by atoms with Crippen molar-refractivity contribution in [3.05, 3.63) is 36.0 Å². The molecular formula is C14H20O6. The van der Waals surface area contributed by atoms with Crippen molar-refractivity contribution in [3.63, 3.8) is 0 Å². The minimum absolute atomic E-state index is 0.176. The second kappa shape index (κ2) is 10.5. The summed E-state index contributed by atoms with van der Waals surface area (Å²) >= 11 is 0. The maximum absolute atomic E-state index is 11.0. The van der Waals surface area contributed by atoms with Crippen molar-refractivity contribution >= 4 is 17.9 Å². The first-order chi connectivity index (χ1) is 9.13. The normalized spacial score (nSPS) is 9.85. The summed E-state index contributed by atoms with van der Waals surface area (Å²) in [6.07, 6.45) is 1.64. The lowest BCUT2D eigenvalue weighted by atomic mass is 10.1. The number of rotatable bonds is 6. The summed E-state index contributed by atoms with van der Waals surface area (Å²) in [5, 5.41) is 16.4. The highest BCUT2D eigenvalue weighted by molar-refractivity contribution is 5.89. The predicted molar refractivity (Wildman–Crippen MR) is 74.2 cm³/mol. The van der Waals surface area contributed by atoms with E-state index in [1.165, 1.54) is 19.9 Å². The standard InChI is InChI=1S/C10H14O4.C4H6O2/c1-4-14-10(13)8(3)6-5-7(2)9(11)12;1-3(2)4(5)6/h5H,3-4,6H2,1-2H3,(H,11,12);1H2,2H3,(H,5,6). The third-order valence-electron chi connectivity index (χ3n) is 1.92. The van der Waals surface area contributed by atoms with E-state index in [0.717, 1.165) is 0 Å². The number of carboxylic acid groups (broad SMARTS) is 2. The van der Waals surface area contributed by atoms with Crippen LogP contribution >= 0.6 is 0 Å². The smallest absolute Gasteiger partial charge is 0.333 e. The van der Waals surface area contributed by atoms with Crippen LogP contribution in [0.5, 0.6) is 0 Å². The van der Waals surface area contributed by atoms with Gasteiger partial charge in [-0.05, 0) is 27.2 Å². The Bertz CT molecular complexity index is 419. The Labute approximate surface area is 118 Å². The van der Waals surface area contributed by atoms with Crippen LogP contribution in [0, 0.1) is 0 Å². The van der Waals surface area contributed by atoms with Gasteiger partial charge in [0.05, 0.1) is 6.61 Å². The highest BCUT2D eigenvalue weighted by Crippen LogP contribution is 2.05. The number of carbonyl (C=O) groups is 3. The van der Waals surface area contributed by atoms with Crippen molar-refractivity contribution in [3.8, 4) is 0 Å². The molecule has 2 N–H and O–H groups in total. The van der Waals surface area contributed by atoms with Gasteiger partial charge >= 0.3 is 17.9 Å². The van der Waals surface area contributed by atoms with Crippen LogP contribution in [0.25, 0.3) is 0 Å². The van der Waals surface area contributed by atoms with E-state index in [1.54, 1.807) is 6.92 Å².